The molecule has 1 aromatic carbocycles. The lowest BCUT2D eigenvalue weighted by Crippen LogP contribution is -2.14. The summed E-state index contributed by atoms with van der Waals surface area (Å²) in [7, 11) is 0. The first-order chi connectivity index (χ1) is 10.1. The van der Waals surface area contributed by atoms with E-state index >= 15 is 0 Å². The van der Waals surface area contributed by atoms with Crippen molar-refractivity contribution >= 4 is 45.9 Å². The largest absolute Gasteiger partial charge is 0.325 e. The Kier molecular flexibility index (Phi) is 6.04. The molecule has 0 unspecified atom stereocenters. The molecule has 112 valence electrons. The molecule has 0 aliphatic heterocycles. The van der Waals surface area contributed by atoms with E-state index in [9.17, 15) is 4.79 Å². The Morgan fingerprint density at radius 2 is 2.00 bits per heavy atom. The number of thioether (sulfide) groups is 1. The highest BCUT2D eigenvalue weighted by molar-refractivity contribution is 14.1. The summed E-state index contributed by atoms with van der Waals surface area (Å²) in [6.45, 7) is 4.92. The van der Waals surface area contributed by atoms with Crippen LogP contribution in [0.5, 0.6) is 0 Å². The summed E-state index contributed by atoms with van der Waals surface area (Å²) < 4.78 is 3.19. The normalized spacial score (nSPS) is 10.6. The Morgan fingerprint density at radius 3 is 2.62 bits per heavy atom. The first kappa shape index (κ1) is 16.3. The van der Waals surface area contributed by atoms with Gasteiger partial charge in [0.15, 0.2) is 5.16 Å². The second-order valence-electron chi connectivity index (χ2n) is 4.34. The van der Waals surface area contributed by atoms with Crippen molar-refractivity contribution in [2.45, 2.75) is 32.0 Å². The molecule has 0 spiro atoms. The number of rotatable bonds is 6. The van der Waals surface area contributed by atoms with Crippen LogP contribution in [0.2, 0.25) is 0 Å². The van der Waals surface area contributed by atoms with E-state index in [1.165, 1.54) is 11.8 Å². The van der Waals surface area contributed by atoms with E-state index in [1.807, 2.05) is 35.8 Å². The molecule has 0 aliphatic carbocycles. The maximum atomic E-state index is 12.0. The van der Waals surface area contributed by atoms with Gasteiger partial charge >= 0.3 is 0 Å². The number of carbonyl (C=O) groups is 1. The standard InChI is InChI=1S/C14H17IN4OS/c1-3-12-17-18-14(19(12)4-2)21-9-13(20)16-11-7-5-10(15)6-8-11/h5-8H,3-4,9H2,1-2H3,(H,16,20). The summed E-state index contributed by atoms with van der Waals surface area (Å²) >= 11 is 3.65. The number of halogens is 1. The van der Waals surface area contributed by atoms with Crippen molar-refractivity contribution in [3.63, 3.8) is 0 Å². The third-order valence-corrected chi connectivity index (χ3v) is 4.57. The Morgan fingerprint density at radius 1 is 1.29 bits per heavy atom. The van der Waals surface area contributed by atoms with Gasteiger partial charge in [-0.3, -0.25) is 4.79 Å². The van der Waals surface area contributed by atoms with E-state index in [0.29, 0.717) is 5.75 Å². The molecular weight excluding hydrogens is 399 g/mol. The third kappa shape index (κ3) is 4.44. The van der Waals surface area contributed by atoms with E-state index in [1.54, 1.807) is 0 Å². The number of hydrogen-bond acceptors (Lipinski definition) is 4. The van der Waals surface area contributed by atoms with Crippen molar-refractivity contribution in [1.82, 2.24) is 14.8 Å². The van der Waals surface area contributed by atoms with Crippen LogP contribution in [0.3, 0.4) is 0 Å². The molecule has 1 heterocycles. The first-order valence-electron chi connectivity index (χ1n) is 6.74. The van der Waals surface area contributed by atoms with E-state index in [4.69, 9.17) is 0 Å². The molecule has 2 rings (SSSR count). The summed E-state index contributed by atoms with van der Waals surface area (Å²) in [6.07, 6.45) is 0.843. The fraction of sp³-hybridized carbons (Fsp3) is 0.357. The third-order valence-electron chi connectivity index (χ3n) is 2.89. The van der Waals surface area contributed by atoms with Gasteiger partial charge in [-0.15, -0.1) is 10.2 Å². The number of aromatic nitrogens is 3. The van der Waals surface area contributed by atoms with Gasteiger partial charge in [-0.2, -0.15) is 0 Å². The van der Waals surface area contributed by atoms with Crippen LogP contribution >= 0.6 is 34.4 Å². The van der Waals surface area contributed by atoms with Gasteiger partial charge in [0.2, 0.25) is 5.91 Å². The van der Waals surface area contributed by atoms with Crippen molar-refractivity contribution in [1.29, 1.82) is 0 Å². The number of nitrogens with zero attached hydrogens (tertiary/aromatic N) is 3. The minimum absolute atomic E-state index is 0.0371. The molecule has 0 fully saturated rings. The fourth-order valence-corrected chi connectivity index (χ4v) is 3.05. The Labute approximate surface area is 142 Å². The van der Waals surface area contributed by atoms with Gasteiger partial charge in [-0.1, -0.05) is 18.7 Å². The highest BCUT2D eigenvalue weighted by atomic mass is 127. The maximum absolute atomic E-state index is 12.0. The minimum Gasteiger partial charge on any atom is -0.325 e. The number of amides is 1. The zero-order valence-electron chi connectivity index (χ0n) is 12.0. The molecule has 1 N–H and O–H groups in total. The minimum atomic E-state index is -0.0371. The topological polar surface area (TPSA) is 59.8 Å². The number of aryl methyl sites for hydroxylation is 1. The van der Waals surface area contributed by atoms with Crippen LogP contribution in [-0.4, -0.2) is 26.4 Å². The lowest BCUT2D eigenvalue weighted by Gasteiger charge is -2.07. The number of nitrogens with one attached hydrogen (secondary N) is 1. The molecule has 0 saturated heterocycles. The van der Waals surface area contributed by atoms with Crippen LogP contribution in [-0.2, 0) is 17.8 Å². The molecule has 0 radical (unpaired) electrons. The van der Waals surface area contributed by atoms with Crippen LogP contribution in [0, 0.1) is 3.57 Å². The second-order valence-corrected chi connectivity index (χ2v) is 6.53. The average molecular weight is 416 g/mol. The average Bonchev–Trinajstić information content (AvgIpc) is 2.89. The number of hydrogen-bond donors (Lipinski definition) is 1. The SMILES string of the molecule is CCc1nnc(SCC(=O)Nc2ccc(I)cc2)n1CC. The monoisotopic (exact) mass is 416 g/mol. The van der Waals surface area contributed by atoms with E-state index in [-0.39, 0.29) is 5.91 Å². The van der Waals surface area contributed by atoms with E-state index < -0.39 is 0 Å². The zero-order valence-corrected chi connectivity index (χ0v) is 14.9. The maximum Gasteiger partial charge on any atom is 0.234 e. The van der Waals surface area contributed by atoms with Crippen molar-refractivity contribution in [3.8, 4) is 0 Å². The Bertz CT molecular complexity index is 612. The second kappa shape index (κ2) is 7.79. The first-order valence-corrected chi connectivity index (χ1v) is 8.80. The Hall–Kier alpha value is -1.09. The fourth-order valence-electron chi connectivity index (χ4n) is 1.87. The molecule has 1 amide bonds. The summed E-state index contributed by atoms with van der Waals surface area (Å²) in [5.41, 5.74) is 0.812. The molecule has 21 heavy (non-hydrogen) atoms. The smallest absolute Gasteiger partial charge is 0.234 e. The van der Waals surface area contributed by atoms with Crippen LogP contribution in [0.15, 0.2) is 29.4 Å². The molecule has 0 aliphatic rings. The summed E-state index contributed by atoms with van der Waals surface area (Å²) in [4.78, 5) is 12.0. The summed E-state index contributed by atoms with van der Waals surface area (Å²) in [6, 6.07) is 7.72. The molecule has 0 atom stereocenters. The van der Waals surface area contributed by atoms with Gasteiger partial charge in [-0.05, 0) is 53.8 Å². The zero-order chi connectivity index (χ0) is 15.2. The predicted molar refractivity (Wildman–Crippen MR) is 93.6 cm³/mol. The van der Waals surface area contributed by atoms with Crippen LogP contribution < -0.4 is 5.32 Å². The van der Waals surface area contributed by atoms with Gasteiger partial charge in [0.05, 0.1) is 5.75 Å². The summed E-state index contributed by atoms with van der Waals surface area (Å²) in [5.74, 6) is 1.25. The summed E-state index contributed by atoms with van der Waals surface area (Å²) in [5, 5.41) is 12.0. The number of carbonyl (C=O) groups excluding carboxylic acids is 1. The molecule has 2 aromatic rings. The van der Waals surface area contributed by atoms with Gasteiger partial charge in [-0.25, -0.2) is 0 Å². The van der Waals surface area contributed by atoms with Gasteiger partial charge in [0, 0.05) is 22.2 Å². The van der Waals surface area contributed by atoms with Crippen molar-refractivity contribution in [2.75, 3.05) is 11.1 Å². The van der Waals surface area contributed by atoms with Crippen LogP contribution in [0.25, 0.3) is 0 Å². The van der Waals surface area contributed by atoms with Crippen LogP contribution in [0.4, 0.5) is 5.69 Å². The molecule has 7 heteroatoms. The lowest BCUT2D eigenvalue weighted by molar-refractivity contribution is -0.113. The van der Waals surface area contributed by atoms with E-state index in [2.05, 4.69) is 45.0 Å². The molecule has 1 aromatic heterocycles. The van der Waals surface area contributed by atoms with Crippen molar-refractivity contribution in [3.05, 3.63) is 33.7 Å². The molecule has 0 saturated carbocycles. The van der Waals surface area contributed by atoms with Crippen molar-refractivity contribution < 1.29 is 4.79 Å². The Balaban J connectivity index is 1.92. The molecule has 0 bridgehead atoms. The van der Waals surface area contributed by atoms with Crippen LogP contribution in [0.1, 0.15) is 19.7 Å². The number of benzene rings is 1. The highest BCUT2D eigenvalue weighted by Crippen LogP contribution is 2.18. The molecular formula is C14H17IN4OS. The molecule has 5 nitrogen and oxygen atoms in total. The van der Waals surface area contributed by atoms with E-state index in [0.717, 1.165) is 33.2 Å². The number of anilines is 1. The van der Waals surface area contributed by atoms with Gasteiger partial charge < -0.3 is 9.88 Å². The highest BCUT2D eigenvalue weighted by Gasteiger charge is 2.11. The predicted octanol–water partition coefficient (Wildman–Crippen LogP) is 3.20. The quantitative estimate of drug-likeness (QED) is 0.581. The van der Waals surface area contributed by atoms with Gasteiger partial charge in [0.1, 0.15) is 5.82 Å². The van der Waals surface area contributed by atoms with Gasteiger partial charge in [0.25, 0.3) is 0 Å². The lowest BCUT2D eigenvalue weighted by atomic mass is 10.3. The van der Waals surface area contributed by atoms with Crippen molar-refractivity contribution in [2.24, 2.45) is 0 Å².